The molecule has 0 aliphatic heterocycles. The third kappa shape index (κ3) is 2.42. The third-order valence-electron chi connectivity index (χ3n) is 1.26. The fourth-order valence-corrected chi connectivity index (χ4v) is 0.700. The first kappa shape index (κ1) is 11.9. The number of phenols is 1. The van der Waals surface area contributed by atoms with Gasteiger partial charge in [-0.25, -0.2) is 0 Å². The van der Waals surface area contributed by atoms with Gasteiger partial charge in [0, 0.05) is 6.07 Å². The van der Waals surface area contributed by atoms with Crippen LogP contribution >= 0.6 is 0 Å². The second-order valence-corrected chi connectivity index (χ2v) is 1.97. The molecule has 1 aromatic carbocycles. The van der Waals surface area contributed by atoms with Gasteiger partial charge in [-0.2, -0.15) is 0 Å². The Kier molecular flexibility index (Phi) is 4.72. The predicted octanol–water partition coefficient (Wildman–Crippen LogP) is -2.00. The van der Waals surface area contributed by atoms with E-state index >= 15 is 0 Å². The molecule has 1 aromatic rings. The average molecular weight is 194 g/mol. The summed E-state index contributed by atoms with van der Waals surface area (Å²) in [6, 6.07) is 3.89. The number of para-hydroxylation sites is 1. The van der Waals surface area contributed by atoms with Gasteiger partial charge >= 0.3 is 51.4 Å². The zero-order chi connectivity index (χ0) is 8.43. The van der Waals surface area contributed by atoms with E-state index in [1.165, 1.54) is 18.2 Å². The molecule has 0 fully saturated rings. The smallest absolute Gasteiger partial charge is 1.00 e. The van der Waals surface area contributed by atoms with E-state index in [0.717, 1.165) is 0 Å². The Labute approximate surface area is 113 Å². The number of nitro groups is 1. The number of phenolic OH excluding ortho intramolecular Hbond substituents is 1. The Morgan fingerprint density at radius 1 is 1.58 bits per heavy atom. The van der Waals surface area contributed by atoms with Gasteiger partial charge in [0.05, 0.1) is 4.92 Å². The monoisotopic (exact) mass is 194 g/mol. The van der Waals surface area contributed by atoms with Crippen LogP contribution in [0.15, 0.2) is 18.2 Å². The molecule has 0 aromatic heterocycles. The molecule has 3 N–H and O–H groups in total. The fraction of sp³-hybridized carbons (Fsp3) is 0. The van der Waals surface area contributed by atoms with Crippen molar-refractivity contribution in [2.45, 2.75) is 0 Å². The topological polar surface area (TPSA) is 89.4 Å². The first-order valence-corrected chi connectivity index (χ1v) is 2.85. The van der Waals surface area contributed by atoms with Crippen molar-refractivity contribution >= 4 is 11.4 Å². The van der Waals surface area contributed by atoms with Gasteiger partial charge in [-0.3, -0.25) is 10.1 Å². The molecule has 0 radical (unpaired) electrons. The van der Waals surface area contributed by atoms with Crippen LogP contribution in [-0.2, 0) is 0 Å². The molecule has 0 heterocycles. The van der Waals surface area contributed by atoms with Crippen LogP contribution in [0.4, 0.5) is 11.4 Å². The van der Waals surface area contributed by atoms with Crippen molar-refractivity contribution in [3.8, 4) is 5.75 Å². The largest absolute Gasteiger partial charge is 1.00 e. The van der Waals surface area contributed by atoms with Gasteiger partial charge in [0.1, 0.15) is 5.75 Å². The summed E-state index contributed by atoms with van der Waals surface area (Å²) in [6.45, 7) is 0. The first-order valence-electron chi connectivity index (χ1n) is 2.85. The zero-order valence-corrected chi connectivity index (χ0v) is 9.64. The molecule has 0 bridgehead atoms. The van der Waals surface area contributed by atoms with Crippen LogP contribution in [-0.4, -0.2) is 10.0 Å². The molecule has 0 aliphatic rings. The number of rotatable bonds is 1. The number of nitrogens with two attached hydrogens (primary N) is 1. The van der Waals surface area contributed by atoms with Gasteiger partial charge < -0.3 is 12.3 Å². The molecular formula is C6H7KN2O3. The van der Waals surface area contributed by atoms with Gasteiger partial charge in [-0.15, -0.1) is 0 Å². The zero-order valence-electron chi connectivity index (χ0n) is 7.52. The maximum Gasteiger partial charge on any atom is 1.00 e. The van der Waals surface area contributed by atoms with Crippen molar-refractivity contribution in [1.82, 2.24) is 0 Å². The van der Waals surface area contributed by atoms with Crippen LogP contribution in [0.5, 0.6) is 5.75 Å². The third-order valence-corrected chi connectivity index (χ3v) is 1.26. The summed E-state index contributed by atoms with van der Waals surface area (Å²) >= 11 is 0. The van der Waals surface area contributed by atoms with Crippen molar-refractivity contribution in [3.05, 3.63) is 28.3 Å². The number of anilines is 1. The normalized spacial score (nSPS) is 8.67. The van der Waals surface area contributed by atoms with Crippen LogP contribution in [0, 0.1) is 10.1 Å². The molecule has 0 amide bonds. The molecule has 6 heteroatoms. The minimum Gasteiger partial charge on any atom is -1.00 e. The molecule has 12 heavy (non-hydrogen) atoms. The summed E-state index contributed by atoms with van der Waals surface area (Å²) in [7, 11) is 0. The van der Waals surface area contributed by atoms with Crippen molar-refractivity contribution in [3.63, 3.8) is 0 Å². The summed E-state index contributed by atoms with van der Waals surface area (Å²) in [5.41, 5.74) is 4.72. The number of hydrogen-bond acceptors (Lipinski definition) is 4. The maximum absolute atomic E-state index is 10.2. The summed E-state index contributed by atoms with van der Waals surface area (Å²) in [5.74, 6) is -0.265. The summed E-state index contributed by atoms with van der Waals surface area (Å²) in [6.07, 6.45) is 0. The van der Waals surface area contributed by atoms with E-state index in [1.807, 2.05) is 0 Å². The summed E-state index contributed by atoms with van der Waals surface area (Å²) < 4.78 is 0. The Morgan fingerprint density at radius 2 is 2.17 bits per heavy atom. The molecule has 0 atom stereocenters. The standard InChI is InChI=1S/C6H6N2O3.K.H/c7-6-4(8(10)11)2-1-3-5(6)9;;/h1-3,9H,7H2;;/q;+1;-1. The Bertz CT molecular complexity index is 308. The van der Waals surface area contributed by atoms with E-state index in [4.69, 9.17) is 10.8 Å². The van der Waals surface area contributed by atoms with E-state index in [-0.39, 0.29) is 69.9 Å². The molecule has 5 nitrogen and oxygen atoms in total. The average Bonchev–Trinajstić information content (AvgIpc) is 1.94. The van der Waals surface area contributed by atoms with Crippen molar-refractivity contribution in [1.29, 1.82) is 0 Å². The molecule has 60 valence electrons. The molecule has 0 spiro atoms. The van der Waals surface area contributed by atoms with Gasteiger partial charge in [0.25, 0.3) is 5.69 Å². The van der Waals surface area contributed by atoms with E-state index in [2.05, 4.69) is 0 Å². The Morgan fingerprint density at radius 3 is 2.58 bits per heavy atom. The summed E-state index contributed by atoms with van der Waals surface area (Å²) in [5, 5.41) is 19.1. The van der Waals surface area contributed by atoms with Crippen molar-refractivity contribution < 1.29 is 62.8 Å². The molecule has 0 saturated carbocycles. The number of nitrogen functional groups attached to an aromatic ring is 1. The van der Waals surface area contributed by atoms with Crippen LogP contribution in [0.1, 0.15) is 1.43 Å². The quantitative estimate of drug-likeness (QED) is 0.178. The molecule has 0 unspecified atom stereocenters. The predicted molar refractivity (Wildman–Crippen MR) is 40.3 cm³/mol. The van der Waals surface area contributed by atoms with Gasteiger partial charge in [0.15, 0.2) is 5.69 Å². The second kappa shape index (κ2) is 4.78. The Hall–Kier alpha value is -0.144. The SMILES string of the molecule is Nc1c(O)cccc1[N+](=O)[O-].[H-].[K+]. The second-order valence-electron chi connectivity index (χ2n) is 1.97. The van der Waals surface area contributed by atoms with Crippen molar-refractivity contribution in [2.24, 2.45) is 0 Å². The maximum atomic E-state index is 10.2. The minimum absolute atomic E-state index is 0. The number of hydrogen-bond donors (Lipinski definition) is 2. The van der Waals surface area contributed by atoms with Crippen LogP contribution in [0.25, 0.3) is 0 Å². The van der Waals surface area contributed by atoms with Crippen LogP contribution in [0.2, 0.25) is 0 Å². The Balaban J connectivity index is 0. The molecular weight excluding hydrogens is 187 g/mol. The number of nitrogens with zero attached hydrogens (tertiary/aromatic N) is 1. The molecule has 0 aliphatic carbocycles. The van der Waals surface area contributed by atoms with Gasteiger partial charge in [-0.05, 0) is 6.07 Å². The van der Waals surface area contributed by atoms with E-state index in [9.17, 15) is 10.1 Å². The number of nitro benzene ring substituents is 1. The van der Waals surface area contributed by atoms with E-state index < -0.39 is 4.92 Å². The van der Waals surface area contributed by atoms with Gasteiger partial charge in [-0.1, -0.05) is 6.07 Å². The molecule has 0 saturated heterocycles. The number of aromatic hydroxyl groups is 1. The minimum atomic E-state index is -0.644. The van der Waals surface area contributed by atoms with E-state index in [1.54, 1.807) is 0 Å². The van der Waals surface area contributed by atoms with Crippen LogP contribution in [0.3, 0.4) is 0 Å². The first-order chi connectivity index (χ1) is 5.13. The van der Waals surface area contributed by atoms with E-state index in [0.29, 0.717) is 0 Å². The van der Waals surface area contributed by atoms with Gasteiger partial charge in [0.2, 0.25) is 0 Å². The van der Waals surface area contributed by atoms with Crippen LogP contribution < -0.4 is 57.1 Å². The fourth-order valence-electron chi connectivity index (χ4n) is 0.700. The number of benzene rings is 1. The summed E-state index contributed by atoms with van der Waals surface area (Å²) in [4.78, 5) is 9.54. The molecule has 1 rings (SSSR count). The van der Waals surface area contributed by atoms with Crippen molar-refractivity contribution in [2.75, 3.05) is 5.73 Å².